The van der Waals surface area contributed by atoms with Gasteiger partial charge in [0.2, 0.25) is 0 Å². The Morgan fingerprint density at radius 3 is 2.93 bits per heavy atom. The van der Waals surface area contributed by atoms with Crippen LogP contribution in [0.3, 0.4) is 0 Å². The highest BCUT2D eigenvalue weighted by atomic mass is 16.5. The second-order valence-electron chi connectivity index (χ2n) is 7.76. The monoisotopic (exact) mass is 374 g/mol. The summed E-state index contributed by atoms with van der Waals surface area (Å²) in [5, 5.41) is 3.69. The number of likely N-dealkylation sites (N-methyl/N-ethyl adjacent to an activating group) is 1. The van der Waals surface area contributed by atoms with Crippen LogP contribution in [0.15, 0.2) is 54.7 Å². The van der Waals surface area contributed by atoms with Crippen molar-refractivity contribution >= 4 is 5.69 Å². The van der Waals surface area contributed by atoms with Crippen LogP contribution in [0.25, 0.3) is 0 Å². The van der Waals surface area contributed by atoms with Crippen LogP contribution in [0.1, 0.15) is 34.1 Å². The average molecular weight is 374 g/mol. The first-order chi connectivity index (χ1) is 13.8. The number of hydrogen-bond acceptors (Lipinski definition) is 4. The van der Waals surface area contributed by atoms with Crippen molar-refractivity contribution in [2.75, 3.05) is 25.5 Å². The van der Waals surface area contributed by atoms with Crippen LogP contribution in [0, 0.1) is 0 Å². The molecule has 0 saturated carbocycles. The van der Waals surface area contributed by atoms with Crippen molar-refractivity contribution in [1.82, 2.24) is 14.5 Å². The van der Waals surface area contributed by atoms with E-state index in [0.29, 0.717) is 12.5 Å². The van der Waals surface area contributed by atoms with E-state index in [1.807, 2.05) is 6.20 Å². The van der Waals surface area contributed by atoms with E-state index in [1.165, 1.54) is 28.1 Å². The third-order valence-electron chi connectivity index (χ3n) is 5.88. The van der Waals surface area contributed by atoms with Gasteiger partial charge in [0.25, 0.3) is 0 Å². The Hall–Kier alpha value is -2.63. The summed E-state index contributed by atoms with van der Waals surface area (Å²) in [5.74, 6) is 1.44. The highest BCUT2D eigenvalue weighted by Crippen LogP contribution is 2.36. The third-order valence-corrected chi connectivity index (χ3v) is 5.88. The molecule has 3 aromatic rings. The molecule has 2 aliphatic heterocycles. The van der Waals surface area contributed by atoms with Crippen molar-refractivity contribution in [2.45, 2.75) is 32.2 Å². The summed E-state index contributed by atoms with van der Waals surface area (Å²) in [6, 6.07) is 17.5. The lowest BCUT2D eigenvalue weighted by Gasteiger charge is -2.34. The van der Waals surface area contributed by atoms with Gasteiger partial charge in [-0.1, -0.05) is 42.5 Å². The number of anilines is 1. The Kier molecular flexibility index (Phi) is 4.63. The molecular weight excluding hydrogens is 348 g/mol. The van der Waals surface area contributed by atoms with Crippen molar-refractivity contribution in [2.24, 2.45) is 0 Å². The van der Waals surface area contributed by atoms with Crippen molar-refractivity contribution in [3.8, 4) is 0 Å². The summed E-state index contributed by atoms with van der Waals surface area (Å²) < 4.78 is 7.79. The summed E-state index contributed by atoms with van der Waals surface area (Å²) in [6.45, 7) is 5.07. The maximum atomic E-state index is 5.50. The van der Waals surface area contributed by atoms with Gasteiger partial charge in [-0.2, -0.15) is 0 Å². The Labute approximate surface area is 166 Å². The molecule has 0 spiro atoms. The van der Waals surface area contributed by atoms with Gasteiger partial charge in [-0.25, -0.2) is 4.98 Å². The number of nitrogens with one attached hydrogen (secondary N) is 1. The molecule has 0 radical (unpaired) electrons. The minimum Gasteiger partial charge on any atom is -0.379 e. The number of hydrogen-bond donors (Lipinski definition) is 1. The number of imidazole rings is 1. The van der Waals surface area contributed by atoms with Gasteiger partial charge in [0.1, 0.15) is 12.4 Å². The van der Waals surface area contributed by atoms with Gasteiger partial charge < -0.3 is 19.5 Å². The van der Waals surface area contributed by atoms with Gasteiger partial charge in [0.15, 0.2) is 0 Å². The van der Waals surface area contributed by atoms with Crippen LogP contribution in [0.4, 0.5) is 5.69 Å². The number of aromatic nitrogens is 2. The number of fused-ring (bicyclic) bond motifs is 2. The summed E-state index contributed by atoms with van der Waals surface area (Å²) >= 11 is 0. The van der Waals surface area contributed by atoms with Gasteiger partial charge in [0.05, 0.1) is 25.0 Å². The standard InChI is InChI=1S/C23H26N4O/c1-26-14-20(17-6-3-2-4-7-17)19-8-5-9-22(21(19)15-26)24-12-18-13-25-23-16-28-11-10-27(18)23/h2-9,13,20,24H,10-12,14-16H2,1H3. The summed E-state index contributed by atoms with van der Waals surface area (Å²) in [6.07, 6.45) is 1.98. The molecule has 0 amide bonds. The number of benzene rings is 2. The fourth-order valence-electron chi connectivity index (χ4n) is 4.48. The van der Waals surface area contributed by atoms with Gasteiger partial charge in [0, 0.05) is 31.2 Å². The van der Waals surface area contributed by atoms with Crippen molar-refractivity contribution in [3.05, 3.63) is 82.9 Å². The summed E-state index contributed by atoms with van der Waals surface area (Å²) in [5.41, 5.74) is 6.69. The Morgan fingerprint density at radius 1 is 1.14 bits per heavy atom. The van der Waals surface area contributed by atoms with Crippen LogP contribution in [-0.4, -0.2) is 34.7 Å². The minimum absolute atomic E-state index is 0.413. The zero-order valence-corrected chi connectivity index (χ0v) is 16.3. The van der Waals surface area contributed by atoms with E-state index < -0.39 is 0 Å². The molecule has 5 heteroatoms. The molecule has 1 atom stereocenters. The molecule has 28 heavy (non-hydrogen) atoms. The topological polar surface area (TPSA) is 42.3 Å². The normalized spacial score (nSPS) is 19.1. The van der Waals surface area contributed by atoms with Gasteiger partial charge in [-0.05, 0) is 29.8 Å². The van der Waals surface area contributed by atoms with E-state index in [9.17, 15) is 0 Å². The second kappa shape index (κ2) is 7.41. The van der Waals surface area contributed by atoms with Crippen molar-refractivity contribution < 1.29 is 4.74 Å². The van der Waals surface area contributed by atoms with Crippen LogP contribution < -0.4 is 5.32 Å². The van der Waals surface area contributed by atoms with E-state index in [4.69, 9.17) is 4.74 Å². The second-order valence-corrected chi connectivity index (χ2v) is 7.76. The quantitative estimate of drug-likeness (QED) is 0.758. The van der Waals surface area contributed by atoms with E-state index in [2.05, 4.69) is 75.3 Å². The van der Waals surface area contributed by atoms with E-state index >= 15 is 0 Å². The van der Waals surface area contributed by atoms with E-state index in [1.54, 1.807) is 0 Å². The zero-order chi connectivity index (χ0) is 18.9. The fraction of sp³-hybridized carbons (Fsp3) is 0.348. The summed E-state index contributed by atoms with van der Waals surface area (Å²) in [4.78, 5) is 6.93. The smallest absolute Gasteiger partial charge is 0.135 e. The molecule has 5 nitrogen and oxygen atoms in total. The molecule has 2 aromatic carbocycles. The first-order valence-corrected chi connectivity index (χ1v) is 10.00. The molecule has 5 rings (SSSR count). The van der Waals surface area contributed by atoms with E-state index in [0.717, 1.165) is 38.6 Å². The molecule has 0 aliphatic carbocycles. The lowest BCUT2D eigenvalue weighted by Crippen LogP contribution is -2.31. The largest absolute Gasteiger partial charge is 0.379 e. The lowest BCUT2D eigenvalue weighted by molar-refractivity contribution is 0.0807. The first kappa shape index (κ1) is 17.5. The molecule has 1 aromatic heterocycles. The summed E-state index contributed by atoms with van der Waals surface area (Å²) in [7, 11) is 2.21. The Balaban J connectivity index is 1.43. The molecule has 144 valence electrons. The van der Waals surface area contributed by atoms with Crippen LogP contribution in [0.5, 0.6) is 0 Å². The van der Waals surface area contributed by atoms with Crippen LogP contribution >= 0.6 is 0 Å². The Morgan fingerprint density at radius 2 is 2.04 bits per heavy atom. The van der Waals surface area contributed by atoms with E-state index in [-0.39, 0.29) is 0 Å². The highest BCUT2D eigenvalue weighted by Gasteiger charge is 2.26. The molecule has 0 fully saturated rings. The number of nitrogens with zero attached hydrogens (tertiary/aromatic N) is 3. The third kappa shape index (κ3) is 3.21. The maximum Gasteiger partial charge on any atom is 0.135 e. The molecule has 0 saturated heterocycles. The number of ether oxygens (including phenoxy) is 1. The maximum absolute atomic E-state index is 5.50. The van der Waals surface area contributed by atoms with Gasteiger partial charge >= 0.3 is 0 Å². The van der Waals surface area contributed by atoms with Gasteiger partial charge in [-0.3, -0.25) is 0 Å². The Bertz CT molecular complexity index is 966. The SMILES string of the molecule is CN1Cc2c(NCc3cnc4n3CCOC4)cccc2C(c2ccccc2)C1. The molecular formula is C23H26N4O. The fourth-order valence-corrected chi connectivity index (χ4v) is 4.48. The number of rotatable bonds is 4. The van der Waals surface area contributed by atoms with Crippen LogP contribution in [-0.2, 0) is 31.0 Å². The van der Waals surface area contributed by atoms with Gasteiger partial charge in [-0.15, -0.1) is 0 Å². The molecule has 0 bridgehead atoms. The molecule has 1 unspecified atom stereocenters. The zero-order valence-electron chi connectivity index (χ0n) is 16.3. The molecule has 2 aliphatic rings. The molecule has 1 N–H and O–H groups in total. The first-order valence-electron chi connectivity index (χ1n) is 10.00. The van der Waals surface area contributed by atoms with Crippen molar-refractivity contribution in [3.63, 3.8) is 0 Å². The average Bonchev–Trinajstić information content (AvgIpc) is 3.15. The lowest BCUT2D eigenvalue weighted by atomic mass is 9.84. The molecule has 3 heterocycles. The minimum atomic E-state index is 0.413. The predicted octanol–water partition coefficient (Wildman–Crippen LogP) is 3.60. The van der Waals surface area contributed by atoms with Crippen molar-refractivity contribution in [1.29, 1.82) is 0 Å². The predicted molar refractivity (Wildman–Crippen MR) is 110 cm³/mol. The van der Waals surface area contributed by atoms with Crippen LogP contribution in [0.2, 0.25) is 0 Å². The highest BCUT2D eigenvalue weighted by molar-refractivity contribution is 5.58.